The quantitative estimate of drug-likeness (QED) is 0.806. The molecule has 1 aromatic rings. The van der Waals surface area contributed by atoms with E-state index < -0.39 is 0 Å². The highest BCUT2D eigenvalue weighted by Gasteiger charge is 2.31. The number of ether oxygens (including phenoxy) is 2. The number of nitrogens with zero attached hydrogens (tertiary/aromatic N) is 2. The smallest absolute Gasteiger partial charge is 0.266 e. The van der Waals surface area contributed by atoms with Gasteiger partial charge in [-0.15, -0.1) is 0 Å². The van der Waals surface area contributed by atoms with Crippen LogP contribution in [0.1, 0.15) is 19.4 Å². The second-order valence-electron chi connectivity index (χ2n) is 4.53. The minimum atomic E-state index is 0.00682. The van der Waals surface area contributed by atoms with Crippen LogP contribution in [0.2, 0.25) is 0 Å². The van der Waals surface area contributed by atoms with Gasteiger partial charge >= 0.3 is 0 Å². The summed E-state index contributed by atoms with van der Waals surface area (Å²) in [4.78, 5) is 19.1. The third kappa shape index (κ3) is 2.63. The molecule has 2 aliphatic heterocycles. The lowest BCUT2D eigenvalue weighted by molar-refractivity contribution is -0.122. The Kier molecular flexibility index (Phi) is 3.88. The molecule has 0 bridgehead atoms. The molecule has 5 nitrogen and oxygen atoms in total. The van der Waals surface area contributed by atoms with Crippen LogP contribution in [0.5, 0.6) is 11.5 Å². The van der Waals surface area contributed by atoms with Gasteiger partial charge in [-0.1, -0.05) is 6.07 Å². The molecule has 0 radical (unpaired) electrons. The zero-order valence-electron chi connectivity index (χ0n) is 12.0. The molecule has 1 saturated heterocycles. The molecule has 1 aromatic carbocycles. The van der Waals surface area contributed by atoms with E-state index in [1.165, 1.54) is 11.8 Å². The number of hydrogen-bond acceptors (Lipinski definition) is 5. The second-order valence-corrected chi connectivity index (χ2v) is 5.54. The third-order valence-corrected chi connectivity index (χ3v) is 4.24. The Morgan fingerprint density at radius 1 is 1.33 bits per heavy atom. The molecular weight excluding hydrogens is 288 g/mol. The minimum absolute atomic E-state index is 0.00682. The lowest BCUT2D eigenvalue weighted by Crippen LogP contribution is -2.28. The summed E-state index contributed by atoms with van der Waals surface area (Å²) in [7, 11) is 0. The molecule has 0 N–H and O–H groups in total. The highest BCUT2D eigenvalue weighted by Crippen LogP contribution is 2.36. The van der Waals surface area contributed by atoms with Gasteiger partial charge in [-0.25, -0.2) is 0 Å². The molecule has 0 atom stereocenters. The van der Waals surface area contributed by atoms with Gasteiger partial charge in [-0.2, -0.15) is 0 Å². The van der Waals surface area contributed by atoms with Gasteiger partial charge in [-0.05, 0) is 49.4 Å². The standard InChI is InChI=1S/C15H16N2O3S/c1-3-16-15-17(4-2)14(18)13(21-15)8-10-5-6-11-12(7-10)20-9-19-11/h5-8H,3-4,9H2,1-2H3/b13-8+,16-15?. The fraction of sp³-hybridized carbons (Fsp3) is 0.333. The molecule has 0 unspecified atom stereocenters. The lowest BCUT2D eigenvalue weighted by Gasteiger charge is -2.11. The molecule has 0 aliphatic carbocycles. The van der Waals surface area contributed by atoms with Crippen molar-refractivity contribution in [1.82, 2.24) is 4.90 Å². The van der Waals surface area contributed by atoms with Gasteiger partial charge in [0.2, 0.25) is 6.79 Å². The number of aliphatic imine (C=N–C) groups is 1. The number of thioether (sulfide) groups is 1. The molecule has 21 heavy (non-hydrogen) atoms. The lowest BCUT2D eigenvalue weighted by atomic mass is 10.2. The molecular formula is C15H16N2O3S. The Labute approximate surface area is 127 Å². The number of carbonyl (C=O) groups is 1. The molecule has 2 heterocycles. The van der Waals surface area contributed by atoms with Gasteiger partial charge in [0.15, 0.2) is 16.7 Å². The van der Waals surface area contributed by atoms with E-state index in [1.807, 2.05) is 38.1 Å². The van der Waals surface area contributed by atoms with Crippen molar-refractivity contribution in [3.8, 4) is 11.5 Å². The molecule has 1 fully saturated rings. The van der Waals surface area contributed by atoms with Crippen LogP contribution in [0.25, 0.3) is 6.08 Å². The van der Waals surface area contributed by atoms with Crippen molar-refractivity contribution in [2.24, 2.45) is 4.99 Å². The first-order chi connectivity index (χ1) is 10.2. The average Bonchev–Trinajstić information content (AvgIpc) is 3.05. The van der Waals surface area contributed by atoms with Crippen LogP contribution in [-0.4, -0.2) is 35.9 Å². The summed E-state index contributed by atoms with van der Waals surface area (Å²) >= 11 is 1.42. The number of amides is 1. The van der Waals surface area contributed by atoms with E-state index in [4.69, 9.17) is 9.47 Å². The summed E-state index contributed by atoms with van der Waals surface area (Å²) in [5.41, 5.74) is 0.920. The van der Waals surface area contributed by atoms with E-state index in [-0.39, 0.29) is 12.7 Å². The van der Waals surface area contributed by atoms with E-state index in [2.05, 4.69) is 4.99 Å². The minimum Gasteiger partial charge on any atom is -0.454 e. The molecule has 110 valence electrons. The highest BCUT2D eigenvalue weighted by atomic mass is 32.2. The number of hydrogen-bond donors (Lipinski definition) is 0. The fourth-order valence-corrected chi connectivity index (χ4v) is 3.30. The number of carbonyl (C=O) groups excluding carboxylic acids is 1. The average molecular weight is 304 g/mol. The maximum atomic E-state index is 12.4. The van der Waals surface area contributed by atoms with E-state index in [9.17, 15) is 4.79 Å². The maximum Gasteiger partial charge on any atom is 0.266 e. The van der Waals surface area contributed by atoms with Gasteiger partial charge in [0.1, 0.15) is 0 Å². The van der Waals surface area contributed by atoms with Gasteiger partial charge in [0.25, 0.3) is 5.91 Å². The second kappa shape index (κ2) is 5.81. The SMILES string of the molecule is CCN=C1S/C(=C/c2ccc3c(c2)OCO3)C(=O)N1CC. The first-order valence-electron chi connectivity index (χ1n) is 6.88. The zero-order valence-corrected chi connectivity index (χ0v) is 12.8. The van der Waals surface area contributed by atoms with Crippen molar-refractivity contribution in [2.45, 2.75) is 13.8 Å². The van der Waals surface area contributed by atoms with Crippen molar-refractivity contribution >= 4 is 28.9 Å². The van der Waals surface area contributed by atoms with E-state index >= 15 is 0 Å². The Morgan fingerprint density at radius 2 is 2.14 bits per heavy atom. The first-order valence-corrected chi connectivity index (χ1v) is 7.70. The number of amidine groups is 1. The molecule has 1 amide bonds. The van der Waals surface area contributed by atoms with Crippen molar-refractivity contribution in [3.05, 3.63) is 28.7 Å². The van der Waals surface area contributed by atoms with Crippen LogP contribution in [-0.2, 0) is 4.79 Å². The summed E-state index contributed by atoms with van der Waals surface area (Å²) in [6, 6.07) is 5.66. The van der Waals surface area contributed by atoms with Crippen LogP contribution < -0.4 is 9.47 Å². The Morgan fingerprint density at radius 3 is 2.90 bits per heavy atom. The summed E-state index contributed by atoms with van der Waals surface area (Å²) in [5.74, 6) is 1.47. The van der Waals surface area contributed by atoms with Crippen LogP contribution in [0.3, 0.4) is 0 Å². The molecule has 3 rings (SSSR count). The topological polar surface area (TPSA) is 51.1 Å². The largest absolute Gasteiger partial charge is 0.454 e. The zero-order chi connectivity index (χ0) is 14.8. The highest BCUT2D eigenvalue weighted by molar-refractivity contribution is 8.18. The Bertz CT molecular complexity index is 640. The van der Waals surface area contributed by atoms with E-state index in [1.54, 1.807) is 4.90 Å². The van der Waals surface area contributed by atoms with Crippen molar-refractivity contribution in [3.63, 3.8) is 0 Å². The van der Waals surface area contributed by atoms with Crippen LogP contribution >= 0.6 is 11.8 Å². The van der Waals surface area contributed by atoms with Crippen LogP contribution in [0.15, 0.2) is 28.1 Å². The summed E-state index contributed by atoms with van der Waals surface area (Å²) in [6.45, 7) is 5.46. The molecule has 0 aromatic heterocycles. The molecule has 0 spiro atoms. The van der Waals surface area contributed by atoms with Crippen LogP contribution in [0, 0.1) is 0 Å². The molecule has 2 aliphatic rings. The van der Waals surface area contributed by atoms with Crippen molar-refractivity contribution in [2.75, 3.05) is 19.9 Å². The maximum absolute atomic E-state index is 12.4. The Balaban J connectivity index is 1.89. The predicted molar refractivity (Wildman–Crippen MR) is 83.5 cm³/mol. The number of rotatable bonds is 3. The van der Waals surface area contributed by atoms with Gasteiger partial charge < -0.3 is 9.47 Å². The molecule has 0 saturated carbocycles. The van der Waals surface area contributed by atoms with Crippen LogP contribution in [0.4, 0.5) is 0 Å². The fourth-order valence-electron chi connectivity index (χ4n) is 2.19. The van der Waals surface area contributed by atoms with E-state index in [0.717, 1.165) is 22.2 Å². The third-order valence-electron chi connectivity index (χ3n) is 3.19. The Hall–Kier alpha value is -1.95. The monoisotopic (exact) mass is 304 g/mol. The van der Waals surface area contributed by atoms with Gasteiger partial charge in [0.05, 0.1) is 4.91 Å². The normalized spacial score (nSPS) is 20.9. The number of benzene rings is 1. The van der Waals surface area contributed by atoms with E-state index in [0.29, 0.717) is 18.0 Å². The number of likely N-dealkylation sites (N-methyl/N-ethyl adjacent to an activating group) is 1. The van der Waals surface area contributed by atoms with Crippen molar-refractivity contribution < 1.29 is 14.3 Å². The van der Waals surface area contributed by atoms with Crippen molar-refractivity contribution in [1.29, 1.82) is 0 Å². The first kappa shape index (κ1) is 14.0. The summed E-state index contributed by atoms with van der Waals surface area (Å²) < 4.78 is 10.6. The summed E-state index contributed by atoms with van der Waals surface area (Å²) in [5, 5.41) is 0.775. The van der Waals surface area contributed by atoms with Gasteiger partial charge in [-0.3, -0.25) is 14.7 Å². The van der Waals surface area contributed by atoms with Gasteiger partial charge in [0, 0.05) is 13.1 Å². The molecule has 6 heteroatoms. The number of fused-ring (bicyclic) bond motifs is 1. The predicted octanol–water partition coefficient (Wildman–Crippen LogP) is 2.73. The summed E-state index contributed by atoms with van der Waals surface area (Å²) in [6.07, 6.45) is 1.87.